The number of benzene rings is 1. The smallest absolute Gasteiger partial charge is 0.323 e. The van der Waals surface area contributed by atoms with E-state index >= 15 is 0 Å². The van der Waals surface area contributed by atoms with Crippen LogP contribution in [0.1, 0.15) is 25.8 Å². The average Bonchev–Trinajstić information content (AvgIpc) is 2.43. The molecule has 0 aliphatic carbocycles. The lowest BCUT2D eigenvalue weighted by molar-refractivity contribution is -0.384. The molecule has 6 nitrogen and oxygen atoms in total. The van der Waals surface area contributed by atoms with Crippen LogP contribution in [0.4, 0.5) is 5.69 Å². The summed E-state index contributed by atoms with van der Waals surface area (Å²) >= 11 is 0. The molecule has 2 N–H and O–H groups in total. The molecule has 0 heterocycles. The molecule has 0 spiro atoms. The molecule has 0 radical (unpaired) electrons. The van der Waals surface area contributed by atoms with Crippen molar-refractivity contribution >= 4 is 11.7 Å². The predicted molar refractivity (Wildman–Crippen MR) is 70.3 cm³/mol. The molecule has 0 fully saturated rings. The Balaban J connectivity index is 2.52. The number of rotatable bonds is 6. The molecule has 0 aliphatic heterocycles. The van der Waals surface area contributed by atoms with Gasteiger partial charge >= 0.3 is 5.97 Å². The molecular weight excluding hydrogens is 248 g/mol. The van der Waals surface area contributed by atoms with Crippen LogP contribution >= 0.6 is 0 Å². The second-order valence-corrected chi connectivity index (χ2v) is 4.44. The molecule has 0 bridgehead atoms. The van der Waals surface area contributed by atoms with E-state index in [9.17, 15) is 14.9 Å². The Morgan fingerprint density at radius 1 is 1.42 bits per heavy atom. The standard InChI is InChI=1S/C13H18N2O4/c1-3-9(2)12(14)13(16)19-8-10-4-6-11(7-5-10)15(17)18/h4-7,9,12H,3,8,14H2,1-2H3/t9?,12-/m0/s1. The number of nitro benzene ring substituents is 1. The molecule has 1 rings (SSSR count). The Morgan fingerprint density at radius 2 is 2.00 bits per heavy atom. The van der Waals surface area contributed by atoms with Gasteiger partial charge < -0.3 is 10.5 Å². The van der Waals surface area contributed by atoms with Crippen LogP contribution in [0.5, 0.6) is 0 Å². The van der Waals surface area contributed by atoms with Crippen molar-refractivity contribution < 1.29 is 14.5 Å². The fourth-order valence-electron chi connectivity index (χ4n) is 1.45. The van der Waals surface area contributed by atoms with Crippen molar-refractivity contribution in [3.05, 3.63) is 39.9 Å². The number of hydrogen-bond acceptors (Lipinski definition) is 5. The van der Waals surface area contributed by atoms with E-state index in [1.807, 2.05) is 13.8 Å². The third-order valence-corrected chi connectivity index (χ3v) is 3.06. The van der Waals surface area contributed by atoms with E-state index in [1.54, 1.807) is 12.1 Å². The Kier molecular flexibility index (Phi) is 5.44. The van der Waals surface area contributed by atoms with Gasteiger partial charge in [-0.15, -0.1) is 0 Å². The van der Waals surface area contributed by atoms with Gasteiger partial charge in [0.2, 0.25) is 0 Å². The highest BCUT2D eigenvalue weighted by atomic mass is 16.6. The van der Waals surface area contributed by atoms with Crippen LogP contribution in [-0.2, 0) is 16.1 Å². The van der Waals surface area contributed by atoms with E-state index in [0.717, 1.165) is 6.42 Å². The van der Waals surface area contributed by atoms with Gasteiger partial charge in [0.15, 0.2) is 0 Å². The SMILES string of the molecule is CCC(C)[C@H](N)C(=O)OCc1ccc([N+](=O)[O-])cc1. The van der Waals surface area contributed by atoms with E-state index in [4.69, 9.17) is 10.5 Å². The Labute approximate surface area is 111 Å². The molecule has 0 aromatic heterocycles. The lowest BCUT2D eigenvalue weighted by Gasteiger charge is -2.16. The summed E-state index contributed by atoms with van der Waals surface area (Å²) in [6.45, 7) is 3.91. The minimum absolute atomic E-state index is 0.00591. The molecule has 1 unspecified atom stereocenters. The van der Waals surface area contributed by atoms with Crippen molar-refractivity contribution in [1.29, 1.82) is 0 Å². The number of hydrogen-bond donors (Lipinski definition) is 1. The zero-order valence-electron chi connectivity index (χ0n) is 11.0. The summed E-state index contributed by atoms with van der Waals surface area (Å²) in [7, 11) is 0. The number of non-ortho nitro benzene ring substituents is 1. The van der Waals surface area contributed by atoms with Gasteiger partial charge in [-0.05, 0) is 23.6 Å². The normalized spacial score (nSPS) is 13.6. The van der Waals surface area contributed by atoms with Crippen LogP contribution in [0.25, 0.3) is 0 Å². The monoisotopic (exact) mass is 266 g/mol. The molecule has 0 saturated heterocycles. The summed E-state index contributed by atoms with van der Waals surface area (Å²) in [6, 6.07) is 5.22. The van der Waals surface area contributed by atoms with Crippen molar-refractivity contribution in [2.24, 2.45) is 11.7 Å². The highest BCUT2D eigenvalue weighted by molar-refractivity contribution is 5.75. The topological polar surface area (TPSA) is 95.5 Å². The van der Waals surface area contributed by atoms with E-state index in [-0.39, 0.29) is 18.2 Å². The molecule has 0 amide bonds. The van der Waals surface area contributed by atoms with Crippen LogP contribution in [0.2, 0.25) is 0 Å². The average molecular weight is 266 g/mol. The summed E-state index contributed by atoms with van der Waals surface area (Å²) in [4.78, 5) is 21.6. The first-order chi connectivity index (χ1) is 8.95. The number of carbonyl (C=O) groups excluding carboxylic acids is 1. The number of carbonyl (C=O) groups is 1. The fraction of sp³-hybridized carbons (Fsp3) is 0.462. The molecular formula is C13H18N2O4. The first-order valence-corrected chi connectivity index (χ1v) is 6.11. The van der Waals surface area contributed by atoms with E-state index < -0.39 is 16.9 Å². The third kappa shape index (κ3) is 4.33. The molecule has 2 atom stereocenters. The summed E-state index contributed by atoms with van der Waals surface area (Å²) in [6.07, 6.45) is 0.799. The highest BCUT2D eigenvalue weighted by Gasteiger charge is 2.20. The zero-order valence-corrected chi connectivity index (χ0v) is 11.0. The Hall–Kier alpha value is -1.95. The van der Waals surface area contributed by atoms with Crippen LogP contribution in [0.15, 0.2) is 24.3 Å². The summed E-state index contributed by atoms with van der Waals surface area (Å²) in [5.41, 5.74) is 6.43. The summed E-state index contributed by atoms with van der Waals surface area (Å²) < 4.78 is 5.08. The fourth-order valence-corrected chi connectivity index (χ4v) is 1.45. The second-order valence-electron chi connectivity index (χ2n) is 4.44. The number of nitrogens with two attached hydrogens (primary N) is 1. The van der Waals surface area contributed by atoms with Gasteiger partial charge in [-0.25, -0.2) is 0 Å². The Morgan fingerprint density at radius 3 is 2.47 bits per heavy atom. The van der Waals surface area contributed by atoms with Gasteiger partial charge in [-0.1, -0.05) is 20.3 Å². The maximum Gasteiger partial charge on any atom is 0.323 e. The molecule has 104 valence electrons. The molecule has 1 aromatic rings. The second kappa shape index (κ2) is 6.84. The van der Waals surface area contributed by atoms with Crippen LogP contribution < -0.4 is 5.73 Å². The number of nitro groups is 1. The van der Waals surface area contributed by atoms with E-state index in [0.29, 0.717) is 5.56 Å². The molecule has 6 heteroatoms. The third-order valence-electron chi connectivity index (χ3n) is 3.06. The van der Waals surface area contributed by atoms with Crippen LogP contribution in [-0.4, -0.2) is 16.9 Å². The van der Waals surface area contributed by atoms with E-state index in [2.05, 4.69) is 0 Å². The lowest BCUT2D eigenvalue weighted by atomic mass is 10.0. The molecule has 19 heavy (non-hydrogen) atoms. The van der Waals surface area contributed by atoms with Crippen molar-refractivity contribution in [3.63, 3.8) is 0 Å². The highest BCUT2D eigenvalue weighted by Crippen LogP contribution is 2.13. The molecule has 0 saturated carbocycles. The van der Waals surface area contributed by atoms with Crippen molar-refractivity contribution in [2.45, 2.75) is 32.9 Å². The number of nitrogens with zero attached hydrogens (tertiary/aromatic N) is 1. The number of esters is 1. The van der Waals surface area contributed by atoms with Gasteiger partial charge in [0.05, 0.1) is 4.92 Å². The molecule has 0 aliphatic rings. The van der Waals surface area contributed by atoms with Crippen LogP contribution in [0.3, 0.4) is 0 Å². The van der Waals surface area contributed by atoms with Crippen molar-refractivity contribution in [1.82, 2.24) is 0 Å². The number of ether oxygens (including phenoxy) is 1. The maximum atomic E-state index is 11.6. The summed E-state index contributed by atoms with van der Waals surface area (Å²) in [5, 5.41) is 10.5. The van der Waals surface area contributed by atoms with E-state index in [1.165, 1.54) is 12.1 Å². The van der Waals surface area contributed by atoms with Gasteiger partial charge in [0, 0.05) is 12.1 Å². The van der Waals surface area contributed by atoms with Gasteiger partial charge in [0.25, 0.3) is 5.69 Å². The van der Waals surface area contributed by atoms with Gasteiger partial charge in [0.1, 0.15) is 12.6 Å². The van der Waals surface area contributed by atoms with Crippen molar-refractivity contribution in [3.8, 4) is 0 Å². The van der Waals surface area contributed by atoms with Crippen molar-refractivity contribution in [2.75, 3.05) is 0 Å². The quantitative estimate of drug-likeness (QED) is 0.482. The first-order valence-electron chi connectivity index (χ1n) is 6.11. The first kappa shape index (κ1) is 15.1. The minimum Gasteiger partial charge on any atom is -0.460 e. The minimum atomic E-state index is -0.636. The summed E-state index contributed by atoms with van der Waals surface area (Å²) in [5.74, 6) is -0.392. The Bertz CT molecular complexity index is 444. The largest absolute Gasteiger partial charge is 0.460 e. The van der Waals surface area contributed by atoms with Gasteiger partial charge in [-0.3, -0.25) is 14.9 Å². The maximum absolute atomic E-state index is 11.6. The van der Waals surface area contributed by atoms with Crippen LogP contribution in [0, 0.1) is 16.0 Å². The lowest BCUT2D eigenvalue weighted by Crippen LogP contribution is -2.37. The zero-order chi connectivity index (χ0) is 14.4. The molecule has 1 aromatic carbocycles. The predicted octanol–water partition coefficient (Wildman–Crippen LogP) is 2.01. The van der Waals surface area contributed by atoms with Gasteiger partial charge in [-0.2, -0.15) is 0 Å².